The summed E-state index contributed by atoms with van der Waals surface area (Å²) in [7, 11) is -1.53. The number of nitrogens with one attached hydrogen (secondary N) is 1. The molecule has 0 radical (unpaired) electrons. The zero-order chi connectivity index (χ0) is 16.4. The van der Waals surface area contributed by atoms with Crippen LogP contribution in [0.1, 0.15) is 12.8 Å². The van der Waals surface area contributed by atoms with Gasteiger partial charge in [0.25, 0.3) is 5.56 Å². The van der Waals surface area contributed by atoms with Gasteiger partial charge >= 0.3 is 0 Å². The lowest BCUT2D eigenvalue weighted by Gasteiger charge is -2.37. The van der Waals surface area contributed by atoms with Crippen LogP contribution >= 0.6 is 15.9 Å². The second-order valence-corrected chi connectivity index (χ2v) is 8.77. The zero-order valence-corrected chi connectivity index (χ0v) is 15.0. The molecule has 22 heavy (non-hydrogen) atoms. The summed E-state index contributed by atoms with van der Waals surface area (Å²) in [6.45, 7) is 1.55. The molecular weight excluding hydrogens is 374 g/mol. The highest BCUT2D eigenvalue weighted by Crippen LogP contribution is 2.33. The maximum Gasteiger partial charge on any atom is 0.282 e. The second-order valence-electron chi connectivity index (χ2n) is 5.84. The number of anilines is 1. The van der Waals surface area contributed by atoms with Gasteiger partial charge in [0.1, 0.15) is 14.3 Å². The predicted octanol–water partition coefficient (Wildman–Crippen LogP) is 0.796. The SMILES string of the molecule is Cn1ncc(NCC2(CS(C)(=O)=O)CCOCC2)c(Br)c1=O. The summed E-state index contributed by atoms with van der Waals surface area (Å²) >= 11 is 3.26. The average molecular weight is 394 g/mol. The summed E-state index contributed by atoms with van der Waals surface area (Å²) in [6, 6.07) is 0. The predicted molar refractivity (Wildman–Crippen MR) is 87.9 cm³/mol. The summed E-state index contributed by atoms with van der Waals surface area (Å²) < 4.78 is 30.5. The number of nitrogens with zero attached hydrogens (tertiary/aromatic N) is 2. The molecule has 1 saturated heterocycles. The van der Waals surface area contributed by atoms with Crippen molar-refractivity contribution < 1.29 is 13.2 Å². The Morgan fingerprint density at radius 1 is 1.45 bits per heavy atom. The van der Waals surface area contributed by atoms with Crippen LogP contribution in [0.3, 0.4) is 0 Å². The fourth-order valence-corrected chi connectivity index (χ4v) is 4.65. The second kappa shape index (κ2) is 6.67. The van der Waals surface area contributed by atoms with E-state index in [0.717, 1.165) is 0 Å². The molecule has 0 aromatic carbocycles. The molecule has 1 N–H and O–H groups in total. The molecule has 0 spiro atoms. The van der Waals surface area contributed by atoms with Crippen LogP contribution in [0.25, 0.3) is 0 Å². The molecule has 1 aromatic rings. The Hall–Kier alpha value is -0.930. The van der Waals surface area contributed by atoms with Gasteiger partial charge in [0.05, 0.1) is 17.6 Å². The molecule has 0 aliphatic carbocycles. The Balaban J connectivity index is 2.18. The van der Waals surface area contributed by atoms with E-state index in [1.54, 1.807) is 13.2 Å². The van der Waals surface area contributed by atoms with Crippen LogP contribution in [0.5, 0.6) is 0 Å². The first kappa shape index (κ1) is 17.4. The fraction of sp³-hybridized carbons (Fsp3) is 0.692. The van der Waals surface area contributed by atoms with Crippen LogP contribution < -0.4 is 10.9 Å². The summed E-state index contributed by atoms with van der Waals surface area (Å²) in [6.07, 6.45) is 4.14. The minimum atomic E-state index is -3.10. The average Bonchev–Trinajstić information content (AvgIpc) is 2.43. The van der Waals surface area contributed by atoms with Gasteiger partial charge < -0.3 is 10.1 Å². The van der Waals surface area contributed by atoms with Crippen molar-refractivity contribution in [2.75, 3.05) is 37.1 Å². The number of rotatable bonds is 5. The Labute approximate surface area is 138 Å². The molecule has 2 heterocycles. The smallest absolute Gasteiger partial charge is 0.282 e. The largest absolute Gasteiger partial charge is 0.382 e. The van der Waals surface area contributed by atoms with Crippen molar-refractivity contribution >= 4 is 31.5 Å². The van der Waals surface area contributed by atoms with E-state index in [9.17, 15) is 13.2 Å². The van der Waals surface area contributed by atoms with Crippen molar-refractivity contribution in [1.29, 1.82) is 0 Å². The number of aryl methyl sites for hydroxylation is 1. The van der Waals surface area contributed by atoms with Crippen molar-refractivity contribution in [3.05, 3.63) is 21.0 Å². The van der Waals surface area contributed by atoms with Crippen LogP contribution in [-0.2, 0) is 21.6 Å². The molecule has 1 aromatic heterocycles. The van der Waals surface area contributed by atoms with Gasteiger partial charge in [-0.15, -0.1) is 0 Å². The molecule has 7 nitrogen and oxygen atoms in total. The van der Waals surface area contributed by atoms with E-state index in [-0.39, 0.29) is 16.7 Å². The van der Waals surface area contributed by atoms with Gasteiger partial charge in [-0.3, -0.25) is 4.79 Å². The highest BCUT2D eigenvalue weighted by molar-refractivity contribution is 9.10. The van der Waals surface area contributed by atoms with Crippen LogP contribution in [0.4, 0.5) is 5.69 Å². The monoisotopic (exact) mass is 393 g/mol. The number of halogens is 1. The lowest BCUT2D eigenvalue weighted by Crippen LogP contribution is -2.41. The van der Waals surface area contributed by atoms with Crippen molar-refractivity contribution in [2.45, 2.75) is 12.8 Å². The maximum absolute atomic E-state index is 11.8. The third kappa shape index (κ3) is 4.30. The lowest BCUT2D eigenvalue weighted by atomic mass is 9.82. The highest BCUT2D eigenvalue weighted by Gasteiger charge is 2.36. The summed E-state index contributed by atoms with van der Waals surface area (Å²) in [5.41, 5.74) is -0.0524. The Morgan fingerprint density at radius 3 is 2.68 bits per heavy atom. The van der Waals surface area contributed by atoms with Crippen molar-refractivity contribution in [3.63, 3.8) is 0 Å². The number of aromatic nitrogens is 2. The standard InChI is InChI=1S/C13H20BrN3O4S/c1-17-12(18)11(14)10(7-16-17)15-8-13(9-22(2,19)20)3-5-21-6-4-13/h7,15H,3-6,8-9H2,1-2H3. The normalized spacial score (nSPS) is 18.1. The maximum atomic E-state index is 11.8. The Bertz CT molecular complexity index is 696. The molecule has 0 bridgehead atoms. The van der Waals surface area contributed by atoms with Gasteiger partial charge in [-0.2, -0.15) is 5.10 Å². The van der Waals surface area contributed by atoms with Crippen LogP contribution in [-0.4, -0.2) is 50.0 Å². The van der Waals surface area contributed by atoms with Gasteiger partial charge in [0.2, 0.25) is 0 Å². The third-order valence-corrected chi connectivity index (χ3v) is 5.76. The van der Waals surface area contributed by atoms with Crippen LogP contribution in [0.15, 0.2) is 15.5 Å². The Kier molecular flexibility index (Phi) is 5.29. The zero-order valence-electron chi connectivity index (χ0n) is 12.6. The first-order valence-electron chi connectivity index (χ1n) is 6.94. The van der Waals surface area contributed by atoms with E-state index in [1.807, 2.05) is 0 Å². The molecule has 0 unspecified atom stereocenters. The van der Waals surface area contributed by atoms with Crippen molar-refractivity contribution in [2.24, 2.45) is 12.5 Å². The van der Waals surface area contributed by atoms with E-state index in [1.165, 1.54) is 10.9 Å². The minimum absolute atomic E-state index is 0.103. The van der Waals surface area contributed by atoms with Gasteiger partial charge in [-0.05, 0) is 28.8 Å². The van der Waals surface area contributed by atoms with Gasteiger partial charge in [0.15, 0.2) is 0 Å². The molecule has 124 valence electrons. The van der Waals surface area contributed by atoms with Gasteiger partial charge in [-0.25, -0.2) is 13.1 Å². The topological polar surface area (TPSA) is 90.3 Å². The molecule has 1 aliphatic heterocycles. The quantitative estimate of drug-likeness (QED) is 0.795. The molecule has 0 amide bonds. The Morgan fingerprint density at radius 2 is 2.09 bits per heavy atom. The lowest BCUT2D eigenvalue weighted by molar-refractivity contribution is 0.0315. The van der Waals surface area contributed by atoms with Crippen LogP contribution in [0.2, 0.25) is 0 Å². The first-order valence-corrected chi connectivity index (χ1v) is 9.79. The van der Waals surface area contributed by atoms with Gasteiger partial charge in [0, 0.05) is 38.5 Å². The fourth-order valence-electron chi connectivity index (χ4n) is 2.65. The highest BCUT2D eigenvalue weighted by atomic mass is 79.9. The van der Waals surface area contributed by atoms with E-state index in [4.69, 9.17) is 4.74 Å². The molecule has 1 aliphatic rings. The third-order valence-electron chi connectivity index (χ3n) is 3.85. The number of hydrogen-bond donors (Lipinski definition) is 1. The van der Waals surface area contributed by atoms with Crippen molar-refractivity contribution in [3.8, 4) is 0 Å². The molecule has 9 heteroatoms. The van der Waals surface area contributed by atoms with E-state index < -0.39 is 9.84 Å². The van der Waals surface area contributed by atoms with E-state index >= 15 is 0 Å². The molecule has 1 fully saturated rings. The number of hydrogen-bond acceptors (Lipinski definition) is 6. The van der Waals surface area contributed by atoms with E-state index in [0.29, 0.717) is 42.8 Å². The van der Waals surface area contributed by atoms with Crippen molar-refractivity contribution in [1.82, 2.24) is 9.78 Å². The molecule has 0 saturated carbocycles. The number of sulfone groups is 1. The molecular formula is C13H20BrN3O4S. The molecule has 2 rings (SSSR count). The summed E-state index contributed by atoms with van der Waals surface area (Å²) in [4.78, 5) is 11.8. The minimum Gasteiger partial charge on any atom is -0.382 e. The first-order chi connectivity index (χ1) is 10.2. The summed E-state index contributed by atoms with van der Waals surface area (Å²) in [5.74, 6) is 0.103. The number of ether oxygens (including phenoxy) is 1. The van der Waals surface area contributed by atoms with E-state index in [2.05, 4.69) is 26.3 Å². The molecule has 0 atom stereocenters. The summed E-state index contributed by atoms with van der Waals surface area (Å²) in [5, 5.41) is 7.14. The van der Waals surface area contributed by atoms with Crippen LogP contribution in [0, 0.1) is 5.41 Å². The van der Waals surface area contributed by atoms with Gasteiger partial charge in [-0.1, -0.05) is 0 Å².